The number of hydrogen-bond acceptors (Lipinski definition) is 9. The van der Waals surface area contributed by atoms with Crippen LogP contribution in [0.1, 0.15) is 35.9 Å². The molecule has 41 heavy (non-hydrogen) atoms. The zero-order valence-corrected chi connectivity index (χ0v) is 22.8. The van der Waals surface area contributed by atoms with E-state index in [0.29, 0.717) is 39.3 Å². The Morgan fingerprint density at radius 2 is 1.63 bits per heavy atom. The summed E-state index contributed by atoms with van der Waals surface area (Å²) in [7, 11) is 3.08. The van der Waals surface area contributed by atoms with E-state index in [0.717, 1.165) is 0 Å². The number of carbonyl (C=O) groups excluding carboxylic acids is 1. The molecule has 0 fully saturated rings. The summed E-state index contributed by atoms with van der Waals surface area (Å²) in [4.78, 5) is 39.3. The first-order valence-electron chi connectivity index (χ1n) is 12.7. The van der Waals surface area contributed by atoms with Gasteiger partial charge >= 0.3 is 6.01 Å². The van der Waals surface area contributed by atoms with Crippen LogP contribution in [0.3, 0.4) is 0 Å². The molecule has 0 N–H and O–H groups in total. The van der Waals surface area contributed by atoms with Crippen LogP contribution in [0.2, 0.25) is 0 Å². The van der Waals surface area contributed by atoms with Crippen molar-refractivity contribution in [3.8, 4) is 34.4 Å². The number of nitrogens with zero attached hydrogens (tertiary/aromatic N) is 5. The summed E-state index contributed by atoms with van der Waals surface area (Å²) in [5, 5.41) is 4.96. The molecule has 0 spiro atoms. The van der Waals surface area contributed by atoms with E-state index in [9.17, 15) is 14.0 Å². The molecule has 5 aromatic rings. The van der Waals surface area contributed by atoms with Gasteiger partial charge in [0.2, 0.25) is 5.43 Å². The van der Waals surface area contributed by atoms with Crippen molar-refractivity contribution in [3.63, 3.8) is 0 Å². The molecule has 208 valence electrons. The first-order chi connectivity index (χ1) is 19.8. The van der Waals surface area contributed by atoms with Crippen molar-refractivity contribution in [3.05, 3.63) is 94.5 Å². The van der Waals surface area contributed by atoms with Crippen LogP contribution in [0.5, 0.6) is 23.3 Å². The van der Waals surface area contributed by atoms with Crippen LogP contribution in [-0.2, 0) is 6.42 Å². The fourth-order valence-corrected chi connectivity index (χ4v) is 4.18. The van der Waals surface area contributed by atoms with Gasteiger partial charge in [0.05, 0.1) is 19.7 Å². The van der Waals surface area contributed by atoms with Gasteiger partial charge in [0, 0.05) is 54.3 Å². The molecule has 0 aliphatic carbocycles. The van der Waals surface area contributed by atoms with E-state index in [-0.39, 0.29) is 29.7 Å². The van der Waals surface area contributed by atoms with Crippen LogP contribution in [0.25, 0.3) is 22.0 Å². The van der Waals surface area contributed by atoms with Crippen LogP contribution in [0.15, 0.2) is 72.0 Å². The number of carbonyl (C=O) groups is 1. The summed E-state index contributed by atoms with van der Waals surface area (Å²) in [5.74, 6) is 0.587. The number of Topliss-reactive ketones (excluding diaryl/α,β-unsaturated/α-hetero) is 1. The quantitative estimate of drug-likeness (QED) is 0.226. The number of methoxy groups -OCH3 is 2. The topological polar surface area (TPSA) is 118 Å². The number of halogens is 1. The number of rotatable bonds is 9. The molecule has 0 saturated carbocycles. The molecule has 10 nitrogen and oxygen atoms in total. The van der Waals surface area contributed by atoms with Crippen LogP contribution >= 0.6 is 0 Å². The van der Waals surface area contributed by atoms with Gasteiger partial charge in [0.1, 0.15) is 11.6 Å². The van der Waals surface area contributed by atoms with Crippen LogP contribution < -0.4 is 19.6 Å². The molecule has 0 unspecified atom stereocenters. The summed E-state index contributed by atoms with van der Waals surface area (Å²) in [6.45, 7) is 3.76. The molecular weight excluding hydrogens is 529 g/mol. The lowest BCUT2D eigenvalue weighted by molar-refractivity contribution is 0.0984. The van der Waals surface area contributed by atoms with Crippen LogP contribution in [0, 0.1) is 5.82 Å². The third kappa shape index (κ3) is 5.74. The Balaban J connectivity index is 1.39. The third-order valence-electron chi connectivity index (χ3n) is 6.34. The van der Waals surface area contributed by atoms with Crippen molar-refractivity contribution in [1.29, 1.82) is 0 Å². The number of benzene rings is 2. The predicted molar refractivity (Wildman–Crippen MR) is 149 cm³/mol. The Bertz CT molecular complexity index is 1790. The summed E-state index contributed by atoms with van der Waals surface area (Å²) >= 11 is 0. The van der Waals surface area contributed by atoms with Gasteiger partial charge in [-0.15, -0.1) is 0 Å². The number of fused-ring (bicyclic) bond motifs is 1. The number of aromatic nitrogens is 5. The summed E-state index contributed by atoms with van der Waals surface area (Å²) < 4.78 is 31.6. The van der Waals surface area contributed by atoms with Crippen molar-refractivity contribution in [2.24, 2.45) is 0 Å². The summed E-state index contributed by atoms with van der Waals surface area (Å²) in [5.41, 5.74) is 1.11. The van der Waals surface area contributed by atoms with Gasteiger partial charge in [-0.25, -0.2) is 14.4 Å². The highest BCUT2D eigenvalue weighted by atomic mass is 19.1. The maximum absolute atomic E-state index is 13.5. The largest absolute Gasteiger partial charge is 0.493 e. The Kier molecular flexibility index (Phi) is 7.68. The second-order valence-electron chi connectivity index (χ2n) is 9.41. The molecule has 0 atom stereocenters. The molecular formula is C30H26FN5O5. The third-order valence-corrected chi connectivity index (χ3v) is 6.34. The highest BCUT2D eigenvalue weighted by Crippen LogP contribution is 2.36. The van der Waals surface area contributed by atoms with Gasteiger partial charge in [0.15, 0.2) is 23.0 Å². The van der Waals surface area contributed by atoms with Crippen molar-refractivity contribution in [2.75, 3.05) is 14.2 Å². The minimum Gasteiger partial charge on any atom is -0.493 e. The van der Waals surface area contributed by atoms with E-state index in [1.807, 2.05) is 13.8 Å². The Morgan fingerprint density at radius 1 is 0.951 bits per heavy atom. The Hall–Kier alpha value is -5.19. The first kappa shape index (κ1) is 27.4. The summed E-state index contributed by atoms with van der Waals surface area (Å²) in [6, 6.07) is 10.6. The molecule has 0 aliphatic rings. The lowest BCUT2D eigenvalue weighted by atomic mass is 10.0. The molecule has 2 aromatic carbocycles. The fourth-order valence-electron chi connectivity index (χ4n) is 4.18. The number of hydrogen-bond donors (Lipinski definition) is 0. The highest BCUT2D eigenvalue weighted by Gasteiger charge is 2.20. The van der Waals surface area contributed by atoms with Crippen LogP contribution in [-0.4, -0.2) is 44.7 Å². The maximum atomic E-state index is 13.5. The van der Waals surface area contributed by atoms with E-state index in [2.05, 4.69) is 20.1 Å². The average Bonchev–Trinajstić information content (AvgIpc) is 2.98. The maximum Gasteiger partial charge on any atom is 0.321 e. The molecule has 0 bridgehead atoms. The molecule has 0 radical (unpaired) electrons. The minimum absolute atomic E-state index is 0.0575. The van der Waals surface area contributed by atoms with Gasteiger partial charge in [-0.2, -0.15) is 5.10 Å². The second-order valence-corrected chi connectivity index (χ2v) is 9.41. The minimum atomic E-state index is -0.531. The smallest absolute Gasteiger partial charge is 0.321 e. The molecule has 11 heteroatoms. The van der Waals surface area contributed by atoms with Gasteiger partial charge in [-0.1, -0.05) is 12.1 Å². The van der Waals surface area contributed by atoms with E-state index in [1.54, 1.807) is 42.4 Å². The average molecular weight is 556 g/mol. The SMILES string of the molecule is COc1cc2nccc(Oc3ncc(CC(=O)c4nn(C(C)C)cc(-c5ccc(F)cc5)c4=O)cn3)c2cc1OC. The lowest BCUT2D eigenvalue weighted by Crippen LogP contribution is -2.25. The molecule has 0 saturated heterocycles. The molecule has 3 heterocycles. The van der Waals surface area contributed by atoms with E-state index < -0.39 is 17.0 Å². The molecule has 3 aromatic heterocycles. The zero-order valence-electron chi connectivity index (χ0n) is 22.8. The predicted octanol–water partition coefficient (Wildman–Crippen LogP) is 5.20. The number of pyridine rings is 1. The molecule has 5 rings (SSSR count). The lowest BCUT2D eigenvalue weighted by Gasteiger charge is -2.13. The fraction of sp³-hybridized carbons (Fsp3) is 0.200. The highest BCUT2D eigenvalue weighted by molar-refractivity contribution is 5.96. The number of ketones is 1. The second kappa shape index (κ2) is 11.5. The van der Waals surface area contributed by atoms with Crippen molar-refractivity contribution in [2.45, 2.75) is 26.3 Å². The standard InChI is InChI=1S/C30H26FN5O5/c1-17(2)36-16-22(19-5-7-20(31)8-6-19)29(38)28(35-36)24(37)11-18-14-33-30(34-15-18)41-25-9-10-32-23-13-27(40-4)26(39-3)12-21(23)25/h5-10,12-17H,11H2,1-4H3. The first-order valence-corrected chi connectivity index (χ1v) is 12.7. The van der Waals surface area contributed by atoms with Crippen LogP contribution in [0.4, 0.5) is 4.39 Å². The van der Waals surface area contributed by atoms with Gasteiger partial charge in [-0.3, -0.25) is 19.3 Å². The Morgan fingerprint density at radius 3 is 2.29 bits per heavy atom. The summed E-state index contributed by atoms with van der Waals surface area (Å²) in [6.07, 6.45) is 5.92. The van der Waals surface area contributed by atoms with Crippen molar-refractivity contribution < 1.29 is 23.4 Å². The van der Waals surface area contributed by atoms with Gasteiger partial charge in [0.25, 0.3) is 0 Å². The Labute approximate surface area is 234 Å². The van der Waals surface area contributed by atoms with Gasteiger partial charge in [-0.05, 0) is 49.2 Å². The molecule has 0 aliphatic heterocycles. The normalized spacial score (nSPS) is 11.1. The van der Waals surface area contributed by atoms with E-state index >= 15 is 0 Å². The number of ether oxygens (including phenoxy) is 3. The van der Waals surface area contributed by atoms with Crippen molar-refractivity contribution >= 4 is 16.7 Å². The van der Waals surface area contributed by atoms with E-state index in [1.165, 1.54) is 43.8 Å². The zero-order chi connectivity index (χ0) is 29.1. The molecule has 0 amide bonds. The van der Waals surface area contributed by atoms with E-state index in [4.69, 9.17) is 14.2 Å². The monoisotopic (exact) mass is 555 g/mol. The van der Waals surface area contributed by atoms with Gasteiger partial charge < -0.3 is 14.2 Å². The van der Waals surface area contributed by atoms with Crippen molar-refractivity contribution in [1.82, 2.24) is 24.7 Å².